The van der Waals surface area contributed by atoms with Crippen molar-refractivity contribution in [2.24, 2.45) is 0 Å². The lowest BCUT2D eigenvalue weighted by Gasteiger charge is -2.25. The Hall–Kier alpha value is -2.40. The van der Waals surface area contributed by atoms with Crippen molar-refractivity contribution in [3.8, 4) is 5.75 Å². The molecule has 2 aliphatic rings. The van der Waals surface area contributed by atoms with Gasteiger partial charge < -0.3 is 26.4 Å². The Kier molecular flexibility index (Phi) is 3.71. The highest BCUT2D eigenvalue weighted by Crippen LogP contribution is 2.38. The average Bonchev–Trinajstić information content (AvgIpc) is 3.02. The molecule has 1 fully saturated rings. The van der Waals surface area contributed by atoms with E-state index in [0.717, 1.165) is 54.3 Å². The van der Waals surface area contributed by atoms with Crippen molar-refractivity contribution < 1.29 is 4.74 Å². The number of rotatable bonds is 3. The van der Waals surface area contributed by atoms with Crippen LogP contribution < -0.4 is 26.4 Å². The number of nitrogens with one attached hydrogen (secondary N) is 3. The maximum atomic E-state index is 6.25. The van der Waals surface area contributed by atoms with Crippen LogP contribution in [0.4, 0.5) is 17.1 Å². The standard InChI is InChI=1S/C18H22N4O/c19-14-11-12(18-22-16-3-1-2-4-17(16)23-18)5-6-15(14)21-13-7-9-20-10-8-13/h1-6,11,13,18,20-22H,7-10,19H2. The number of hydrogen-bond acceptors (Lipinski definition) is 5. The summed E-state index contributed by atoms with van der Waals surface area (Å²) in [6, 6.07) is 14.6. The molecular formula is C18H22N4O. The van der Waals surface area contributed by atoms with Crippen LogP contribution in [0.25, 0.3) is 0 Å². The van der Waals surface area contributed by atoms with E-state index in [1.807, 2.05) is 30.3 Å². The molecule has 4 rings (SSSR count). The Labute approximate surface area is 136 Å². The molecule has 0 aromatic heterocycles. The van der Waals surface area contributed by atoms with E-state index in [0.29, 0.717) is 6.04 Å². The van der Waals surface area contributed by atoms with Crippen molar-refractivity contribution >= 4 is 17.1 Å². The number of fused-ring (bicyclic) bond motifs is 1. The highest BCUT2D eigenvalue weighted by Gasteiger charge is 2.23. The van der Waals surface area contributed by atoms with E-state index in [1.54, 1.807) is 0 Å². The SMILES string of the molecule is Nc1cc(C2Nc3ccccc3O2)ccc1NC1CCNCC1. The molecular weight excluding hydrogens is 288 g/mol. The third-order valence-corrected chi connectivity index (χ3v) is 4.50. The normalized spacial score (nSPS) is 20.4. The number of piperidine rings is 1. The molecule has 5 nitrogen and oxygen atoms in total. The first kappa shape index (κ1) is 14.2. The fourth-order valence-electron chi connectivity index (χ4n) is 3.20. The summed E-state index contributed by atoms with van der Waals surface area (Å²) in [5.74, 6) is 0.882. The first-order valence-electron chi connectivity index (χ1n) is 8.18. The highest BCUT2D eigenvalue weighted by atomic mass is 16.5. The molecule has 0 radical (unpaired) electrons. The van der Waals surface area contributed by atoms with Crippen LogP contribution >= 0.6 is 0 Å². The number of hydrogen-bond donors (Lipinski definition) is 4. The Morgan fingerprint density at radius 1 is 1.09 bits per heavy atom. The van der Waals surface area contributed by atoms with Gasteiger partial charge in [0.05, 0.1) is 17.1 Å². The third kappa shape index (κ3) is 2.92. The van der Waals surface area contributed by atoms with Crippen LogP contribution in [0.2, 0.25) is 0 Å². The molecule has 2 aromatic carbocycles. The third-order valence-electron chi connectivity index (χ3n) is 4.50. The van der Waals surface area contributed by atoms with Crippen molar-refractivity contribution in [3.05, 3.63) is 48.0 Å². The quantitative estimate of drug-likeness (QED) is 0.656. The molecule has 2 heterocycles. The second kappa shape index (κ2) is 6.01. The van der Waals surface area contributed by atoms with E-state index in [4.69, 9.17) is 10.5 Å². The number of benzene rings is 2. The molecule has 5 heteroatoms. The van der Waals surface area contributed by atoms with Crippen LogP contribution in [0.1, 0.15) is 24.6 Å². The fraction of sp³-hybridized carbons (Fsp3) is 0.333. The predicted molar refractivity (Wildman–Crippen MR) is 93.8 cm³/mol. The van der Waals surface area contributed by atoms with Crippen LogP contribution in [0.15, 0.2) is 42.5 Å². The fourth-order valence-corrected chi connectivity index (χ4v) is 3.20. The number of nitrogens with two attached hydrogens (primary N) is 1. The van der Waals surface area contributed by atoms with Gasteiger partial charge in [0, 0.05) is 11.6 Å². The van der Waals surface area contributed by atoms with Gasteiger partial charge in [-0.25, -0.2) is 0 Å². The zero-order chi connectivity index (χ0) is 15.6. The van der Waals surface area contributed by atoms with Crippen LogP contribution in [0.5, 0.6) is 5.75 Å². The van der Waals surface area contributed by atoms with E-state index in [2.05, 4.69) is 28.1 Å². The van der Waals surface area contributed by atoms with Crippen LogP contribution in [-0.4, -0.2) is 19.1 Å². The summed E-state index contributed by atoms with van der Waals surface area (Å²) in [4.78, 5) is 0. The summed E-state index contributed by atoms with van der Waals surface area (Å²) in [5, 5.41) is 10.3. The zero-order valence-corrected chi connectivity index (χ0v) is 13.0. The van der Waals surface area contributed by atoms with Gasteiger partial charge in [0.1, 0.15) is 5.75 Å². The molecule has 120 valence electrons. The second-order valence-electron chi connectivity index (χ2n) is 6.15. The topological polar surface area (TPSA) is 71.3 Å². The molecule has 0 aliphatic carbocycles. The molecule has 5 N–H and O–H groups in total. The molecule has 1 unspecified atom stereocenters. The van der Waals surface area contributed by atoms with E-state index in [9.17, 15) is 0 Å². The number of anilines is 3. The Bertz CT molecular complexity index is 672. The van der Waals surface area contributed by atoms with E-state index in [1.165, 1.54) is 0 Å². The molecule has 0 amide bonds. The van der Waals surface area contributed by atoms with Crippen molar-refractivity contribution in [2.75, 3.05) is 29.5 Å². The molecule has 1 saturated heterocycles. The largest absolute Gasteiger partial charge is 0.464 e. The van der Waals surface area contributed by atoms with E-state index < -0.39 is 0 Å². The minimum absolute atomic E-state index is 0.178. The summed E-state index contributed by atoms with van der Waals surface area (Å²) in [5.41, 5.74) is 10.1. The summed E-state index contributed by atoms with van der Waals surface area (Å²) in [6.45, 7) is 2.13. The Morgan fingerprint density at radius 2 is 1.91 bits per heavy atom. The maximum Gasteiger partial charge on any atom is 0.196 e. The van der Waals surface area contributed by atoms with Crippen molar-refractivity contribution in [1.29, 1.82) is 0 Å². The van der Waals surface area contributed by atoms with Crippen molar-refractivity contribution in [1.82, 2.24) is 5.32 Å². The van der Waals surface area contributed by atoms with Crippen molar-refractivity contribution in [3.63, 3.8) is 0 Å². The summed E-state index contributed by atoms with van der Waals surface area (Å²) < 4.78 is 5.94. The lowest BCUT2D eigenvalue weighted by Crippen LogP contribution is -2.35. The second-order valence-corrected chi connectivity index (χ2v) is 6.15. The van der Waals surface area contributed by atoms with Gasteiger partial charge in [-0.15, -0.1) is 0 Å². The van der Waals surface area contributed by atoms with Crippen molar-refractivity contribution in [2.45, 2.75) is 25.1 Å². The zero-order valence-electron chi connectivity index (χ0n) is 13.0. The molecule has 23 heavy (non-hydrogen) atoms. The van der Waals surface area contributed by atoms with Gasteiger partial charge in [-0.1, -0.05) is 18.2 Å². The van der Waals surface area contributed by atoms with Gasteiger partial charge in [0.25, 0.3) is 0 Å². The minimum Gasteiger partial charge on any atom is -0.464 e. The van der Waals surface area contributed by atoms with Gasteiger partial charge in [-0.2, -0.15) is 0 Å². The Morgan fingerprint density at radius 3 is 2.70 bits per heavy atom. The van der Waals surface area contributed by atoms with Crippen LogP contribution in [0.3, 0.4) is 0 Å². The highest BCUT2D eigenvalue weighted by molar-refractivity contribution is 5.69. The summed E-state index contributed by atoms with van der Waals surface area (Å²) in [7, 11) is 0. The first-order valence-corrected chi connectivity index (χ1v) is 8.18. The van der Waals surface area contributed by atoms with Gasteiger partial charge in [0.15, 0.2) is 6.23 Å². The lowest BCUT2D eigenvalue weighted by atomic mass is 10.1. The van der Waals surface area contributed by atoms with E-state index >= 15 is 0 Å². The van der Waals surface area contributed by atoms with Gasteiger partial charge in [-0.3, -0.25) is 0 Å². The van der Waals surface area contributed by atoms with Gasteiger partial charge in [-0.05, 0) is 50.2 Å². The minimum atomic E-state index is -0.178. The molecule has 2 aromatic rings. The number of nitrogen functional groups attached to an aromatic ring is 1. The molecule has 2 aliphatic heterocycles. The van der Waals surface area contributed by atoms with Crippen LogP contribution in [0, 0.1) is 0 Å². The summed E-state index contributed by atoms with van der Waals surface area (Å²) >= 11 is 0. The molecule has 0 spiro atoms. The molecule has 0 saturated carbocycles. The number of ether oxygens (including phenoxy) is 1. The average molecular weight is 310 g/mol. The van der Waals surface area contributed by atoms with Gasteiger partial charge in [0.2, 0.25) is 0 Å². The van der Waals surface area contributed by atoms with Gasteiger partial charge >= 0.3 is 0 Å². The molecule has 0 bridgehead atoms. The van der Waals surface area contributed by atoms with E-state index in [-0.39, 0.29) is 6.23 Å². The lowest BCUT2D eigenvalue weighted by molar-refractivity contribution is 0.260. The smallest absolute Gasteiger partial charge is 0.196 e. The van der Waals surface area contributed by atoms with Crippen LogP contribution in [-0.2, 0) is 0 Å². The Balaban J connectivity index is 1.48. The predicted octanol–water partition coefficient (Wildman–Crippen LogP) is 2.94. The monoisotopic (exact) mass is 310 g/mol. The number of para-hydroxylation sites is 2. The maximum absolute atomic E-state index is 6.25. The first-order chi connectivity index (χ1) is 11.3. The summed E-state index contributed by atoms with van der Waals surface area (Å²) in [6.07, 6.45) is 2.08. The molecule has 1 atom stereocenters.